The second-order valence-corrected chi connectivity index (χ2v) is 10.5. The minimum atomic E-state index is -3.33. The third-order valence-corrected chi connectivity index (χ3v) is 8.11. The lowest BCUT2D eigenvalue weighted by Crippen LogP contribution is -2.51. The van der Waals surface area contributed by atoms with Crippen molar-refractivity contribution in [3.63, 3.8) is 0 Å². The number of sulfone groups is 1. The van der Waals surface area contributed by atoms with E-state index in [0.717, 1.165) is 19.4 Å². The van der Waals surface area contributed by atoms with E-state index in [9.17, 15) is 13.2 Å². The maximum absolute atomic E-state index is 13.0. The molecule has 0 radical (unpaired) electrons. The van der Waals surface area contributed by atoms with Gasteiger partial charge in [0, 0.05) is 24.0 Å². The van der Waals surface area contributed by atoms with Crippen LogP contribution in [0.25, 0.3) is 0 Å². The number of nitrogens with zero attached hydrogens (tertiary/aromatic N) is 1. The zero-order chi connectivity index (χ0) is 19.3. The van der Waals surface area contributed by atoms with E-state index in [1.165, 1.54) is 11.8 Å². The van der Waals surface area contributed by atoms with Crippen molar-refractivity contribution >= 4 is 27.5 Å². The third-order valence-electron chi connectivity index (χ3n) is 4.84. The fraction of sp³-hybridized carbons (Fsp3) is 0.632. The van der Waals surface area contributed by atoms with E-state index in [4.69, 9.17) is 5.73 Å². The Hall–Kier alpha value is -1.05. The van der Waals surface area contributed by atoms with Crippen LogP contribution < -0.4 is 5.73 Å². The van der Waals surface area contributed by atoms with Gasteiger partial charge in [-0.25, -0.2) is 8.42 Å². The van der Waals surface area contributed by atoms with Gasteiger partial charge in [0.2, 0.25) is 5.91 Å². The Balaban J connectivity index is 2.17. The van der Waals surface area contributed by atoms with Crippen molar-refractivity contribution in [3.05, 3.63) is 24.3 Å². The van der Waals surface area contributed by atoms with Crippen LogP contribution in [0.15, 0.2) is 34.1 Å². The second-order valence-electron chi connectivity index (χ2n) is 7.08. The second kappa shape index (κ2) is 9.24. The molecule has 5 nitrogen and oxygen atoms in total. The van der Waals surface area contributed by atoms with E-state index in [0.29, 0.717) is 28.7 Å². The van der Waals surface area contributed by atoms with E-state index >= 15 is 0 Å². The van der Waals surface area contributed by atoms with Crippen LogP contribution in [0.1, 0.15) is 40.0 Å². The summed E-state index contributed by atoms with van der Waals surface area (Å²) in [6, 6.07) is 7.05. The highest BCUT2D eigenvalue weighted by molar-refractivity contribution is 8.01. The fourth-order valence-corrected chi connectivity index (χ4v) is 6.32. The van der Waals surface area contributed by atoms with Crippen molar-refractivity contribution in [2.24, 2.45) is 11.7 Å². The van der Waals surface area contributed by atoms with Gasteiger partial charge < -0.3 is 10.6 Å². The number of piperidine rings is 1. The molecule has 146 valence electrons. The predicted octanol–water partition coefficient (Wildman–Crippen LogP) is 2.94. The van der Waals surface area contributed by atoms with Crippen LogP contribution in [0, 0.1) is 5.92 Å². The summed E-state index contributed by atoms with van der Waals surface area (Å²) in [5.41, 5.74) is 5.88. The van der Waals surface area contributed by atoms with Crippen LogP contribution >= 0.6 is 11.8 Å². The summed E-state index contributed by atoms with van der Waals surface area (Å²) in [4.78, 5) is 15.8. The molecule has 1 heterocycles. The molecule has 1 aliphatic heterocycles. The van der Waals surface area contributed by atoms with E-state index in [2.05, 4.69) is 6.92 Å². The number of likely N-dealkylation sites (tertiary alicyclic amines) is 1. The number of hydrogen-bond acceptors (Lipinski definition) is 5. The summed E-state index contributed by atoms with van der Waals surface area (Å²) in [5, 5.41) is -0.351. The number of nitrogens with two attached hydrogens (primary N) is 1. The van der Waals surface area contributed by atoms with Gasteiger partial charge in [-0.3, -0.25) is 4.79 Å². The molecule has 0 bridgehead atoms. The van der Waals surface area contributed by atoms with Crippen LogP contribution in [0.2, 0.25) is 0 Å². The number of amides is 1. The number of carbonyl (C=O) groups excluding carboxylic acids is 1. The van der Waals surface area contributed by atoms with Gasteiger partial charge in [-0.1, -0.05) is 26.0 Å². The van der Waals surface area contributed by atoms with E-state index in [-0.39, 0.29) is 23.0 Å². The average molecular weight is 399 g/mol. The molecule has 1 fully saturated rings. The first-order valence-electron chi connectivity index (χ1n) is 9.29. The zero-order valence-electron chi connectivity index (χ0n) is 15.8. The molecule has 2 rings (SSSR count). The van der Waals surface area contributed by atoms with Crippen molar-refractivity contribution < 1.29 is 13.2 Å². The monoisotopic (exact) mass is 398 g/mol. The highest BCUT2D eigenvalue weighted by Gasteiger charge is 2.32. The zero-order valence-corrected chi connectivity index (χ0v) is 17.5. The maximum Gasteiger partial charge on any atom is 0.236 e. The molecule has 1 aromatic carbocycles. The van der Waals surface area contributed by atoms with Gasteiger partial charge in [-0.05, 0) is 44.2 Å². The number of thioether (sulfide) groups is 1. The Morgan fingerprint density at radius 3 is 2.73 bits per heavy atom. The molecule has 26 heavy (non-hydrogen) atoms. The molecule has 0 saturated carbocycles. The number of carbonyl (C=O) groups is 1. The van der Waals surface area contributed by atoms with Crippen LogP contribution in [-0.2, 0) is 14.6 Å². The normalized spacial score (nSPS) is 22.2. The largest absolute Gasteiger partial charge is 0.337 e. The van der Waals surface area contributed by atoms with E-state index < -0.39 is 9.84 Å². The van der Waals surface area contributed by atoms with Crippen LogP contribution in [0.5, 0.6) is 0 Å². The van der Waals surface area contributed by atoms with E-state index in [1.54, 1.807) is 18.2 Å². The SMILES string of the molecule is CCCS(=O)(=O)c1ccccc1SC(C)C(=O)N1CCC(C)CC1CN. The number of hydrogen-bond donors (Lipinski definition) is 1. The highest BCUT2D eigenvalue weighted by Crippen LogP contribution is 2.33. The minimum Gasteiger partial charge on any atom is -0.337 e. The lowest BCUT2D eigenvalue weighted by molar-refractivity contribution is -0.134. The van der Waals surface area contributed by atoms with Gasteiger partial charge in [0.1, 0.15) is 0 Å². The Labute approximate surface area is 161 Å². The lowest BCUT2D eigenvalue weighted by atomic mass is 9.92. The van der Waals surface area contributed by atoms with Gasteiger partial charge in [0.25, 0.3) is 0 Å². The third kappa shape index (κ3) is 5.02. The first kappa shape index (κ1) is 21.3. The first-order valence-corrected chi connectivity index (χ1v) is 11.8. The molecule has 0 spiro atoms. The standard InChI is InChI=1S/C19H30N2O3S2/c1-4-11-26(23,24)18-8-6-5-7-17(18)25-15(3)19(22)21-10-9-14(2)12-16(21)13-20/h5-8,14-16H,4,9-13,20H2,1-3H3. The lowest BCUT2D eigenvalue weighted by Gasteiger charge is -2.39. The summed E-state index contributed by atoms with van der Waals surface area (Å²) < 4.78 is 25.0. The van der Waals surface area contributed by atoms with Gasteiger partial charge in [0.05, 0.1) is 15.9 Å². The van der Waals surface area contributed by atoms with Crippen molar-refractivity contribution in [2.75, 3.05) is 18.8 Å². The highest BCUT2D eigenvalue weighted by atomic mass is 32.2. The molecule has 3 atom stereocenters. The average Bonchev–Trinajstić information content (AvgIpc) is 2.61. The number of rotatable bonds is 7. The Morgan fingerprint density at radius 1 is 1.38 bits per heavy atom. The molecular weight excluding hydrogens is 368 g/mol. The summed E-state index contributed by atoms with van der Waals surface area (Å²) in [7, 11) is -3.33. The van der Waals surface area contributed by atoms with Crippen molar-refractivity contribution in [1.29, 1.82) is 0 Å². The minimum absolute atomic E-state index is 0.0417. The van der Waals surface area contributed by atoms with Crippen molar-refractivity contribution in [1.82, 2.24) is 4.90 Å². The molecule has 0 aliphatic carbocycles. The van der Waals surface area contributed by atoms with Crippen LogP contribution in [0.3, 0.4) is 0 Å². The first-order chi connectivity index (χ1) is 12.3. The van der Waals surface area contributed by atoms with Gasteiger partial charge in [-0.2, -0.15) is 0 Å². The van der Waals surface area contributed by atoms with E-state index in [1.807, 2.05) is 24.8 Å². The maximum atomic E-state index is 13.0. The summed E-state index contributed by atoms with van der Waals surface area (Å²) in [6.07, 6.45) is 2.49. The van der Waals surface area contributed by atoms with Crippen molar-refractivity contribution in [3.8, 4) is 0 Å². The topological polar surface area (TPSA) is 80.5 Å². The molecule has 1 aliphatic rings. The summed E-state index contributed by atoms with van der Waals surface area (Å²) in [6.45, 7) is 7.08. The van der Waals surface area contributed by atoms with Gasteiger partial charge in [0.15, 0.2) is 9.84 Å². The molecule has 3 unspecified atom stereocenters. The summed E-state index contributed by atoms with van der Waals surface area (Å²) in [5.74, 6) is 0.738. The predicted molar refractivity (Wildman–Crippen MR) is 107 cm³/mol. The van der Waals surface area contributed by atoms with Gasteiger partial charge >= 0.3 is 0 Å². The molecule has 7 heteroatoms. The quantitative estimate of drug-likeness (QED) is 0.714. The fourth-order valence-electron chi connectivity index (χ4n) is 3.42. The van der Waals surface area contributed by atoms with Crippen molar-refractivity contribution in [2.45, 2.75) is 61.1 Å². The molecule has 1 saturated heterocycles. The molecule has 1 aromatic rings. The van der Waals surface area contributed by atoms with Gasteiger partial charge in [-0.15, -0.1) is 11.8 Å². The molecular formula is C19H30N2O3S2. The molecule has 2 N–H and O–H groups in total. The summed E-state index contributed by atoms with van der Waals surface area (Å²) >= 11 is 1.33. The van der Waals surface area contributed by atoms with Crippen LogP contribution in [0.4, 0.5) is 0 Å². The Morgan fingerprint density at radius 2 is 2.08 bits per heavy atom. The number of benzene rings is 1. The molecule has 1 amide bonds. The Bertz CT molecular complexity index is 721. The smallest absolute Gasteiger partial charge is 0.236 e. The van der Waals surface area contributed by atoms with Crippen LogP contribution in [-0.4, -0.2) is 49.4 Å². The Kier molecular flexibility index (Phi) is 7.55. The molecule has 0 aromatic heterocycles.